The van der Waals surface area contributed by atoms with Crippen molar-refractivity contribution in [2.45, 2.75) is 45.4 Å². The Hall–Kier alpha value is -1.19. The second kappa shape index (κ2) is 11.9. The van der Waals surface area contributed by atoms with E-state index in [9.17, 15) is 0 Å². The van der Waals surface area contributed by atoms with Gasteiger partial charge < -0.3 is 15.4 Å². The van der Waals surface area contributed by atoms with Gasteiger partial charge in [-0.3, -0.25) is 4.99 Å². The van der Waals surface area contributed by atoms with Gasteiger partial charge in [0, 0.05) is 43.5 Å². The Morgan fingerprint density at radius 2 is 1.97 bits per heavy atom. The van der Waals surface area contributed by atoms with Crippen molar-refractivity contribution >= 4 is 41.3 Å². The number of nitrogens with zero attached hydrogens (tertiary/aromatic N) is 2. The molecule has 0 saturated carbocycles. The zero-order chi connectivity index (χ0) is 19.8. The Labute approximate surface area is 195 Å². The number of aromatic nitrogens is 1. The first-order valence-electron chi connectivity index (χ1n) is 10.2. The predicted molar refractivity (Wildman–Crippen MR) is 133 cm³/mol. The summed E-state index contributed by atoms with van der Waals surface area (Å²) in [7, 11) is 0. The van der Waals surface area contributed by atoms with E-state index in [4.69, 9.17) is 9.73 Å². The molecule has 160 valence electrons. The van der Waals surface area contributed by atoms with Crippen LogP contribution in [0.2, 0.25) is 0 Å². The van der Waals surface area contributed by atoms with Gasteiger partial charge in [-0.1, -0.05) is 24.3 Å². The Balaban J connectivity index is 0.00000300. The molecule has 1 aliphatic heterocycles. The molecule has 29 heavy (non-hydrogen) atoms. The summed E-state index contributed by atoms with van der Waals surface area (Å²) in [5.41, 5.74) is 3.96. The molecule has 0 aliphatic carbocycles. The van der Waals surface area contributed by atoms with Crippen LogP contribution in [0.4, 0.5) is 0 Å². The van der Waals surface area contributed by atoms with Crippen molar-refractivity contribution in [1.29, 1.82) is 0 Å². The zero-order valence-corrected chi connectivity index (χ0v) is 20.8. The standard InChI is InChI=1S/C22H32N4OS.HI/c1-4-23-21(24-12-9-19-15-28-18(3)26-19)25-16-22(10-13-27-14-11-22)20-8-6-5-7-17(20)2;/h5-8,15H,4,9-14,16H2,1-3H3,(H2,23,24,25);1H. The average molecular weight is 529 g/mol. The highest BCUT2D eigenvalue weighted by Crippen LogP contribution is 2.37. The molecule has 1 aliphatic rings. The maximum Gasteiger partial charge on any atom is 0.191 e. The number of hydrogen-bond donors (Lipinski definition) is 2. The van der Waals surface area contributed by atoms with Crippen LogP contribution in [0.25, 0.3) is 0 Å². The summed E-state index contributed by atoms with van der Waals surface area (Å²) in [4.78, 5) is 9.52. The van der Waals surface area contributed by atoms with Crippen molar-refractivity contribution in [2.75, 3.05) is 32.8 Å². The van der Waals surface area contributed by atoms with Gasteiger partial charge in [0.15, 0.2) is 5.96 Å². The SMILES string of the molecule is CCNC(=NCC1(c2ccccc2C)CCOCC1)NCCc1csc(C)n1.I. The number of thiazole rings is 1. The fourth-order valence-electron chi connectivity index (χ4n) is 3.85. The third-order valence-electron chi connectivity index (χ3n) is 5.39. The number of ether oxygens (including phenoxy) is 1. The van der Waals surface area contributed by atoms with E-state index in [0.29, 0.717) is 0 Å². The van der Waals surface area contributed by atoms with E-state index in [1.54, 1.807) is 11.3 Å². The molecule has 0 unspecified atom stereocenters. The van der Waals surface area contributed by atoms with E-state index in [1.807, 2.05) is 6.92 Å². The number of guanidine groups is 1. The molecule has 0 bridgehead atoms. The topological polar surface area (TPSA) is 58.5 Å². The van der Waals surface area contributed by atoms with Gasteiger partial charge in [-0.05, 0) is 44.7 Å². The number of nitrogens with one attached hydrogen (secondary N) is 2. The van der Waals surface area contributed by atoms with Gasteiger partial charge in [0.25, 0.3) is 0 Å². The number of rotatable bonds is 7. The van der Waals surface area contributed by atoms with Gasteiger partial charge in [0.2, 0.25) is 0 Å². The minimum atomic E-state index is 0. The first kappa shape index (κ1) is 24.1. The summed E-state index contributed by atoms with van der Waals surface area (Å²) >= 11 is 1.70. The smallest absolute Gasteiger partial charge is 0.191 e. The highest BCUT2D eigenvalue weighted by molar-refractivity contribution is 14.0. The molecule has 2 heterocycles. The fraction of sp³-hybridized carbons (Fsp3) is 0.545. The van der Waals surface area contributed by atoms with Crippen LogP contribution >= 0.6 is 35.3 Å². The van der Waals surface area contributed by atoms with Crippen molar-refractivity contribution in [3.8, 4) is 0 Å². The molecule has 0 radical (unpaired) electrons. The summed E-state index contributed by atoms with van der Waals surface area (Å²) in [6, 6.07) is 8.72. The van der Waals surface area contributed by atoms with Crippen molar-refractivity contribution < 1.29 is 4.74 Å². The van der Waals surface area contributed by atoms with Crippen LogP contribution in [-0.4, -0.2) is 43.8 Å². The van der Waals surface area contributed by atoms with Crippen LogP contribution in [0.15, 0.2) is 34.6 Å². The van der Waals surface area contributed by atoms with Gasteiger partial charge >= 0.3 is 0 Å². The van der Waals surface area contributed by atoms with E-state index in [2.05, 4.69) is 59.1 Å². The third-order valence-corrected chi connectivity index (χ3v) is 6.21. The summed E-state index contributed by atoms with van der Waals surface area (Å²) in [5.74, 6) is 0.883. The highest BCUT2D eigenvalue weighted by Gasteiger charge is 2.35. The lowest BCUT2D eigenvalue weighted by atomic mass is 9.72. The lowest BCUT2D eigenvalue weighted by molar-refractivity contribution is 0.0529. The number of benzene rings is 1. The molecular formula is C22H33IN4OS. The number of halogens is 1. The molecule has 0 amide bonds. The largest absolute Gasteiger partial charge is 0.381 e. The van der Waals surface area contributed by atoms with Crippen molar-refractivity contribution in [1.82, 2.24) is 15.6 Å². The Bertz CT molecular complexity index is 787. The molecule has 1 saturated heterocycles. The van der Waals surface area contributed by atoms with E-state index >= 15 is 0 Å². The van der Waals surface area contributed by atoms with E-state index in [1.165, 1.54) is 11.1 Å². The number of aryl methyl sites for hydroxylation is 2. The van der Waals surface area contributed by atoms with E-state index < -0.39 is 0 Å². The highest BCUT2D eigenvalue weighted by atomic mass is 127. The van der Waals surface area contributed by atoms with Gasteiger partial charge in [0.1, 0.15) is 0 Å². The van der Waals surface area contributed by atoms with Crippen LogP contribution in [0.3, 0.4) is 0 Å². The average Bonchev–Trinajstić information content (AvgIpc) is 3.12. The minimum Gasteiger partial charge on any atom is -0.381 e. The zero-order valence-electron chi connectivity index (χ0n) is 17.7. The minimum absolute atomic E-state index is 0. The van der Waals surface area contributed by atoms with Gasteiger partial charge in [-0.25, -0.2) is 4.98 Å². The van der Waals surface area contributed by atoms with Gasteiger partial charge in [-0.15, -0.1) is 35.3 Å². The quantitative estimate of drug-likeness (QED) is 0.321. The van der Waals surface area contributed by atoms with Crippen LogP contribution in [0.5, 0.6) is 0 Å². The first-order valence-corrected chi connectivity index (χ1v) is 11.1. The second-order valence-corrected chi connectivity index (χ2v) is 8.50. The van der Waals surface area contributed by atoms with Crippen molar-refractivity contribution in [3.63, 3.8) is 0 Å². The molecule has 2 N–H and O–H groups in total. The van der Waals surface area contributed by atoms with Crippen LogP contribution in [0, 0.1) is 13.8 Å². The normalized spacial score (nSPS) is 16.2. The lowest BCUT2D eigenvalue weighted by Crippen LogP contribution is -2.42. The molecule has 1 fully saturated rings. The molecule has 5 nitrogen and oxygen atoms in total. The van der Waals surface area contributed by atoms with Crippen molar-refractivity contribution in [2.24, 2.45) is 4.99 Å². The molecule has 0 spiro atoms. The molecule has 2 aromatic rings. The third kappa shape index (κ3) is 6.65. The van der Waals surface area contributed by atoms with Crippen LogP contribution < -0.4 is 10.6 Å². The molecule has 3 rings (SSSR count). The Kier molecular flexibility index (Phi) is 9.85. The Morgan fingerprint density at radius 3 is 2.62 bits per heavy atom. The van der Waals surface area contributed by atoms with Crippen LogP contribution in [-0.2, 0) is 16.6 Å². The van der Waals surface area contributed by atoms with E-state index in [-0.39, 0.29) is 29.4 Å². The Morgan fingerprint density at radius 1 is 1.21 bits per heavy atom. The lowest BCUT2D eigenvalue weighted by Gasteiger charge is -2.37. The van der Waals surface area contributed by atoms with Crippen LogP contribution in [0.1, 0.15) is 41.6 Å². The van der Waals surface area contributed by atoms with Gasteiger partial charge in [0.05, 0.1) is 17.2 Å². The maximum atomic E-state index is 5.67. The molecule has 1 aromatic carbocycles. The maximum absolute atomic E-state index is 5.67. The summed E-state index contributed by atoms with van der Waals surface area (Å²) in [6.45, 7) is 10.4. The van der Waals surface area contributed by atoms with Gasteiger partial charge in [-0.2, -0.15) is 0 Å². The van der Waals surface area contributed by atoms with E-state index in [0.717, 1.165) is 68.8 Å². The molecular weight excluding hydrogens is 495 g/mol. The molecule has 0 atom stereocenters. The molecule has 1 aromatic heterocycles. The summed E-state index contributed by atoms with van der Waals surface area (Å²) in [6.07, 6.45) is 2.93. The molecule has 7 heteroatoms. The summed E-state index contributed by atoms with van der Waals surface area (Å²) in [5, 5.41) is 10.1. The predicted octanol–water partition coefficient (Wildman–Crippen LogP) is 4.22. The number of aliphatic imine (C=N–C) groups is 1. The number of hydrogen-bond acceptors (Lipinski definition) is 4. The second-order valence-electron chi connectivity index (χ2n) is 7.44. The first-order chi connectivity index (χ1) is 13.6. The fourth-order valence-corrected chi connectivity index (χ4v) is 4.49. The van der Waals surface area contributed by atoms with Crippen molar-refractivity contribution in [3.05, 3.63) is 51.5 Å². The monoisotopic (exact) mass is 528 g/mol. The summed E-state index contributed by atoms with van der Waals surface area (Å²) < 4.78 is 5.67.